The maximum Gasteiger partial charge on any atom is 0.216 e. The number of rotatable bonds is 2. The summed E-state index contributed by atoms with van der Waals surface area (Å²) in [4.78, 5) is 0. The van der Waals surface area contributed by atoms with Gasteiger partial charge in [-0.15, -0.1) is 0 Å². The lowest BCUT2D eigenvalue weighted by atomic mass is 10.1. The summed E-state index contributed by atoms with van der Waals surface area (Å²) in [6.45, 7) is 4.11. The lowest BCUT2D eigenvalue weighted by Crippen LogP contribution is -1.92. The van der Waals surface area contributed by atoms with Gasteiger partial charge in [0.2, 0.25) is 4.77 Å². The number of aromatic amines is 1. The molecule has 2 aromatic rings. The Labute approximate surface area is 98.6 Å². The van der Waals surface area contributed by atoms with Gasteiger partial charge >= 0.3 is 0 Å². The quantitative estimate of drug-likeness (QED) is 0.638. The van der Waals surface area contributed by atoms with Crippen LogP contribution in [0.2, 0.25) is 0 Å². The molecule has 0 unspecified atom stereocenters. The fourth-order valence-electron chi connectivity index (χ4n) is 1.35. The van der Waals surface area contributed by atoms with E-state index in [1.54, 1.807) is 12.5 Å². The maximum absolute atomic E-state index is 4.99. The van der Waals surface area contributed by atoms with Crippen molar-refractivity contribution in [1.29, 1.82) is 0 Å². The van der Waals surface area contributed by atoms with Crippen LogP contribution in [0.25, 0.3) is 0 Å². The third kappa shape index (κ3) is 2.25. The van der Waals surface area contributed by atoms with E-state index < -0.39 is 0 Å². The molecule has 0 saturated carbocycles. The topological polar surface area (TPSA) is 46.0 Å². The summed E-state index contributed by atoms with van der Waals surface area (Å²) in [6, 6.07) is 6.24. The second-order valence-corrected chi connectivity index (χ2v) is 4.00. The van der Waals surface area contributed by atoms with Gasteiger partial charge in [0.1, 0.15) is 6.33 Å². The van der Waals surface area contributed by atoms with Gasteiger partial charge in [0.15, 0.2) is 0 Å². The minimum Gasteiger partial charge on any atom is -0.250 e. The second-order valence-electron chi connectivity index (χ2n) is 3.61. The normalized spacial score (nSPS) is 11.1. The number of nitrogens with zero attached hydrogens (tertiary/aromatic N) is 3. The summed E-state index contributed by atoms with van der Waals surface area (Å²) in [5.41, 5.74) is 3.48. The van der Waals surface area contributed by atoms with Gasteiger partial charge in [0.25, 0.3) is 0 Å². The molecule has 0 saturated heterocycles. The standard InChI is InChI=1S/C11H12N4S/c1-8-3-4-9(2)10(5-8)6-13-15-7-12-14-11(15)16/h3-7H,1-2H3,(H,14,16)/b13-6-. The minimum atomic E-state index is 0.488. The lowest BCUT2D eigenvalue weighted by molar-refractivity contribution is 0.862. The predicted octanol–water partition coefficient (Wildman–Crippen LogP) is 2.44. The van der Waals surface area contributed by atoms with Gasteiger partial charge in [0, 0.05) is 0 Å². The van der Waals surface area contributed by atoms with Crippen molar-refractivity contribution in [2.24, 2.45) is 5.10 Å². The fraction of sp³-hybridized carbons (Fsp3) is 0.182. The van der Waals surface area contributed by atoms with Crippen molar-refractivity contribution in [2.45, 2.75) is 13.8 Å². The molecule has 1 N–H and O–H groups in total. The minimum absolute atomic E-state index is 0.488. The predicted molar refractivity (Wildman–Crippen MR) is 66.3 cm³/mol. The molecule has 5 heteroatoms. The highest BCUT2D eigenvalue weighted by atomic mass is 32.1. The molecule has 4 nitrogen and oxygen atoms in total. The van der Waals surface area contributed by atoms with Crippen molar-refractivity contribution in [3.8, 4) is 0 Å². The highest BCUT2D eigenvalue weighted by Gasteiger charge is 1.95. The number of benzene rings is 1. The van der Waals surface area contributed by atoms with Crippen LogP contribution in [0, 0.1) is 18.6 Å². The third-order valence-corrected chi connectivity index (χ3v) is 2.57. The first-order valence-electron chi connectivity index (χ1n) is 4.90. The molecular formula is C11H12N4S. The van der Waals surface area contributed by atoms with Gasteiger partial charge < -0.3 is 0 Å². The molecule has 0 radical (unpaired) electrons. The van der Waals surface area contributed by atoms with Crippen LogP contribution in [0.1, 0.15) is 16.7 Å². The van der Waals surface area contributed by atoms with E-state index in [1.165, 1.54) is 15.8 Å². The average Bonchev–Trinajstić information content (AvgIpc) is 2.66. The lowest BCUT2D eigenvalue weighted by Gasteiger charge is -2.00. The Kier molecular flexibility index (Phi) is 2.96. The number of aromatic nitrogens is 3. The molecule has 0 amide bonds. The van der Waals surface area contributed by atoms with E-state index in [9.17, 15) is 0 Å². The van der Waals surface area contributed by atoms with Crippen LogP contribution in [0.3, 0.4) is 0 Å². The molecule has 1 aromatic carbocycles. The number of hydrogen-bond donors (Lipinski definition) is 1. The van der Waals surface area contributed by atoms with Gasteiger partial charge in [-0.1, -0.05) is 23.8 Å². The van der Waals surface area contributed by atoms with Crippen LogP contribution in [0.5, 0.6) is 0 Å². The largest absolute Gasteiger partial charge is 0.250 e. The molecule has 2 rings (SSSR count). The Bertz CT molecular complexity index is 580. The van der Waals surface area contributed by atoms with Crippen molar-refractivity contribution in [3.63, 3.8) is 0 Å². The van der Waals surface area contributed by atoms with Crippen molar-refractivity contribution in [3.05, 3.63) is 46.0 Å². The van der Waals surface area contributed by atoms with Gasteiger partial charge in [-0.25, -0.2) is 0 Å². The molecule has 82 valence electrons. The molecule has 1 heterocycles. The van der Waals surface area contributed by atoms with E-state index in [0.717, 1.165) is 5.56 Å². The molecule has 0 atom stereocenters. The molecular weight excluding hydrogens is 220 g/mol. The van der Waals surface area contributed by atoms with E-state index in [4.69, 9.17) is 12.2 Å². The Morgan fingerprint density at radius 1 is 1.44 bits per heavy atom. The highest BCUT2D eigenvalue weighted by molar-refractivity contribution is 7.71. The van der Waals surface area contributed by atoms with Crippen LogP contribution < -0.4 is 0 Å². The molecule has 1 aromatic heterocycles. The first kappa shape index (κ1) is 10.8. The van der Waals surface area contributed by atoms with E-state index in [1.807, 2.05) is 0 Å². The van der Waals surface area contributed by atoms with E-state index in [-0.39, 0.29) is 0 Å². The second kappa shape index (κ2) is 4.40. The van der Waals surface area contributed by atoms with Crippen molar-refractivity contribution in [2.75, 3.05) is 0 Å². The highest BCUT2D eigenvalue weighted by Crippen LogP contribution is 2.08. The van der Waals surface area contributed by atoms with E-state index in [2.05, 4.69) is 47.3 Å². The molecule has 0 aliphatic carbocycles. The molecule has 0 aliphatic heterocycles. The smallest absolute Gasteiger partial charge is 0.216 e. The van der Waals surface area contributed by atoms with Crippen LogP contribution >= 0.6 is 12.2 Å². The summed E-state index contributed by atoms with van der Waals surface area (Å²) in [5, 5.41) is 10.7. The van der Waals surface area contributed by atoms with Crippen molar-refractivity contribution >= 4 is 18.4 Å². The Morgan fingerprint density at radius 2 is 2.25 bits per heavy atom. The molecule has 0 aliphatic rings. The van der Waals surface area contributed by atoms with Gasteiger partial charge in [-0.05, 0) is 37.2 Å². The van der Waals surface area contributed by atoms with Crippen molar-refractivity contribution in [1.82, 2.24) is 14.9 Å². The Hall–Kier alpha value is -1.75. The van der Waals surface area contributed by atoms with E-state index >= 15 is 0 Å². The molecule has 0 spiro atoms. The van der Waals surface area contributed by atoms with Crippen LogP contribution in [-0.4, -0.2) is 21.1 Å². The summed E-state index contributed by atoms with van der Waals surface area (Å²) in [6.07, 6.45) is 3.33. The zero-order valence-corrected chi connectivity index (χ0v) is 9.95. The SMILES string of the molecule is Cc1ccc(C)c(/C=N\n2cn[nH]c2=S)c1. The number of nitrogens with one attached hydrogen (secondary N) is 1. The molecule has 0 bridgehead atoms. The summed E-state index contributed by atoms with van der Waals surface area (Å²) < 4.78 is 2.01. The first-order chi connectivity index (χ1) is 7.66. The molecule has 0 fully saturated rings. The monoisotopic (exact) mass is 232 g/mol. The fourth-order valence-corrected chi connectivity index (χ4v) is 1.50. The first-order valence-corrected chi connectivity index (χ1v) is 5.31. The summed E-state index contributed by atoms with van der Waals surface area (Å²) >= 11 is 4.99. The average molecular weight is 232 g/mol. The van der Waals surface area contributed by atoms with Gasteiger partial charge in [0.05, 0.1) is 6.21 Å². The van der Waals surface area contributed by atoms with Crippen LogP contribution in [-0.2, 0) is 0 Å². The number of hydrogen-bond acceptors (Lipinski definition) is 3. The van der Waals surface area contributed by atoms with E-state index in [0.29, 0.717) is 4.77 Å². The van der Waals surface area contributed by atoms with Gasteiger partial charge in [-0.2, -0.15) is 14.9 Å². The summed E-state index contributed by atoms with van der Waals surface area (Å²) in [5.74, 6) is 0. The third-order valence-electron chi connectivity index (χ3n) is 2.29. The zero-order chi connectivity index (χ0) is 11.5. The van der Waals surface area contributed by atoms with Crippen LogP contribution in [0.4, 0.5) is 0 Å². The molecule has 16 heavy (non-hydrogen) atoms. The Morgan fingerprint density at radius 3 is 2.94 bits per heavy atom. The zero-order valence-electron chi connectivity index (χ0n) is 9.14. The van der Waals surface area contributed by atoms with Gasteiger partial charge in [-0.3, -0.25) is 5.10 Å². The number of aryl methyl sites for hydroxylation is 2. The van der Waals surface area contributed by atoms with Crippen molar-refractivity contribution < 1.29 is 0 Å². The van der Waals surface area contributed by atoms with Crippen LogP contribution in [0.15, 0.2) is 29.6 Å². The summed E-state index contributed by atoms with van der Waals surface area (Å²) in [7, 11) is 0. The maximum atomic E-state index is 4.99. The Balaban J connectivity index is 2.34. The number of H-pyrrole nitrogens is 1.